The molecule has 1 amide bonds. The van der Waals surface area contributed by atoms with Crippen molar-refractivity contribution < 1.29 is 18.8 Å². The lowest BCUT2D eigenvalue weighted by atomic mass is 9.90. The first-order valence-corrected chi connectivity index (χ1v) is 11.9. The minimum absolute atomic E-state index is 0.0290. The highest BCUT2D eigenvalue weighted by Crippen LogP contribution is 2.29. The van der Waals surface area contributed by atoms with Crippen LogP contribution in [0.2, 0.25) is 0 Å². The van der Waals surface area contributed by atoms with Crippen LogP contribution in [0.15, 0.2) is 34.9 Å². The van der Waals surface area contributed by atoms with Crippen LogP contribution in [0.3, 0.4) is 0 Å². The highest BCUT2D eigenvalue weighted by atomic mass is 16.5. The second kappa shape index (κ2) is 10.0. The van der Waals surface area contributed by atoms with Crippen molar-refractivity contribution in [2.45, 2.75) is 53.0 Å². The Morgan fingerprint density at radius 3 is 2.54 bits per heavy atom. The van der Waals surface area contributed by atoms with Crippen LogP contribution in [0.25, 0.3) is 11.3 Å². The molecule has 3 heterocycles. The number of nitrogen functional groups attached to an aromatic ring is 1. The van der Waals surface area contributed by atoms with Gasteiger partial charge in [0.25, 0.3) is 5.91 Å². The topological polar surface area (TPSA) is 139 Å². The van der Waals surface area contributed by atoms with Crippen LogP contribution in [-0.4, -0.2) is 39.8 Å². The van der Waals surface area contributed by atoms with Gasteiger partial charge in [0.05, 0.1) is 18.7 Å². The number of carbonyl (C=O) groups is 2. The molecular weight excluding hydrogens is 446 g/mol. The monoisotopic (exact) mass is 479 g/mol. The Morgan fingerprint density at radius 2 is 1.91 bits per heavy atom. The Labute approximate surface area is 204 Å². The van der Waals surface area contributed by atoms with E-state index in [4.69, 9.17) is 20.7 Å². The molecule has 9 heteroatoms. The maximum absolute atomic E-state index is 12.6. The number of hydrogen-bond acceptors (Lipinski definition) is 7. The van der Waals surface area contributed by atoms with Crippen molar-refractivity contribution in [1.82, 2.24) is 14.9 Å². The molecule has 1 atom stereocenters. The normalized spacial score (nSPS) is 16.0. The number of nitrogens with zero attached hydrogens (tertiary/aromatic N) is 3. The molecule has 2 aromatic heterocycles. The largest absolute Gasteiger partial charge is 0.383 e. The third kappa shape index (κ3) is 6.16. The first-order valence-electron chi connectivity index (χ1n) is 11.9. The molecule has 4 rings (SSSR count). The van der Waals surface area contributed by atoms with Crippen LogP contribution in [0, 0.1) is 11.3 Å². The molecule has 1 aromatic carbocycles. The number of carbonyl (C=O) groups excluding carboxylic acids is 2. The molecular formula is C26H33N5O4. The Kier molecular flexibility index (Phi) is 7.07. The van der Waals surface area contributed by atoms with Gasteiger partial charge in [0, 0.05) is 37.1 Å². The van der Waals surface area contributed by atoms with Gasteiger partial charge in [-0.25, -0.2) is 4.68 Å². The highest BCUT2D eigenvalue weighted by Gasteiger charge is 2.24. The van der Waals surface area contributed by atoms with Gasteiger partial charge in [-0.15, -0.1) is 0 Å². The second-order valence-electron chi connectivity index (χ2n) is 10.5. The minimum atomic E-state index is -0.622. The number of Topliss-reactive ketones (excluding diaryl/α,β-unsaturated/α-hetero) is 1. The zero-order chi connectivity index (χ0) is 25.2. The molecule has 1 fully saturated rings. The molecule has 3 aromatic rings. The summed E-state index contributed by atoms with van der Waals surface area (Å²) in [6.07, 6.45) is 2.16. The molecule has 0 spiro atoms. The number of hydrogen-bond donors (Lipinski definition) is 2. The van der Waals surface area contributed by atoms with E-state index in [1.54, 1.807) is 4.68 Å². The lowest BCUT2D eigenvalue weighted by Gasteiger charge is -2.14. The summed E-state index contributed by atoms with van der Waals surface area (Å²) in [7, 11) is 0. The molecule has 0 aliphatic carbocycles. The number of amides is 1. The third-order valence-corrected chi connectivity index (χ3v) is 6.01. The number of ketones is 1. The van der Waals surface area contributed by atoms with Gasteiger partial charge in [0.1, 0.15) is 28.6 Å². The molecule has 0 saturated carbocycles. The maximum atomic E-state index is 12.6. The van der Waals surface area contributed by atoms with E-state index in [2.05, 4.69) is 31.0 Å². The predicted octanol–water partition coefficient (Wildman–Crippen LogP) is 3.20. The average Bonchev–Trinajstić information content (AvgIpc) is 3.50. The number of ether oxygens (including phenoxy) is 1. The zero-order valence-electron chi connectivity index (χ0n) is 20.5. The molecule has 186 valence electrons. The molecule has 35 heavy (non-hydrogen) atoms. The van der Waals surface area contributed by atoms with Crippen molar-refractivity contribution >= 4 is 17.5 Å². The molecule has 0 bridgehead atoms. The Morgan fingerprint density at radius 1 is 1.17 bits per heavy atom. The molecule has 0 radical (unpaired) electrons. The number of benzene rings is 1. The summed E-state index contributed by atoms with van der Waals surface area (Å²) in [6, 6.07) is 9.22. The zero-order valence-corrected chi connectivity index (χ0v) is 20.5. The standard InChI is InChI=1S/C26H33N5O4/c1-26(2,3)13-19-11-21(35-30-19)12-20(32)10-16-4-6-18(7-5-16)23-22(25(28)33)24(27)31(29-23)14-17-8-9-34-15-17/h4-7,11,17H,8-10,12-15,27H2,1-3H3,(H2,28,33). The lowest BCUT2D eigenvalue weighted by Crippen LogP contribution is -2.17. The van der Waals surface area contributed by atoms with Crippen LogP contribution in [0.4, 0.5) is 5.82 Å². The first kappa shape index (κ1) is 24.7. The second-order valence-corrected chi connectivity index (χ2v) is 10.5. The summed E-state index contributed by atoms with van der Waals surface area (Å²) in [5, 5.41) is 8.67. The first-order chi connectivity index (χ1) is 16.6. The van der Waals surface area contributed by atoms with E-state index < -0.39 is 5.91 Å². The highest BCUT2D eigenvalue weighted by molar-refractivity contribution is 6.03. The summed E-state index contributed by atoms with van der Waals surface area (Å²) in [4.78, 5) is 24.7. The van der Waals surface area contributed by atoms with Gasteiger partial charge in [0.15, 0.2) is 0 Å². The molecule has 4 N–H and O–H groups in total. The third-order valence-electron chi connectivity index (χ3n) is 6.01. The summed E-state index contributed by atoms with van der Waals surface area (Å²) in [6.45, 7) is 8.33. The van der Waals surface area contributed by atoms with Gasteiger partial charge in [-0.2, -0.15) is 5.10 Å². The molecule has 9 nitrogen and oxygen atoms in total. The molecule has 1 aliphatic rings. The Hall–Kier alpha value is -3.46. The van der Waals surface area contributed by atoms with Crippen molar-refractivity contribution in [2.24, 2.45) is 17.1 Å². The number of aromatic nitrogens is 3. The SMILES string of the molecule is CC(C)(C)Cc1cc(CC(=O)Cc2ccc(-c3nn(CC4CCOC4)c(N)c3C(N)=O)cc2)on1. The van der Waals surface area contributed by atoms with Gasteiger partial charge in [-0.05, 0) is 23.8 Å². The maximum Gasteiger partial charge on any atom is 0.254 e. The number of nitrogens with two attached hydrogens (primary N) is 2. The summed E-state index contributed by atoms with van der Waals surface area (Å²) < 4.78 is 12.4. The minimum Gasteiger partial charge on any atom is -0.383 e. The van der Waals surface area contributed by atoms with Crippen molar-refractivity contribution in [2.75, 3.05) is 18.9 Å². The van der Waals surface area contributed by atoms with Crippen LogP contribution in [0.1, 0.15) is 54.6 Å². The van der Waals surface area contributed by atoms with Gasteiger partial charge < -0.3 is 20.7 Å². The van der Waals surface area contributed by atoms with Crippen molar-refractivity contribution in [1.29, 1.82) is 0 Å². The predicted molar refractivity (Wildman–Crippen MR) is 132 cm³/mol. The fraction of sp³-hybridized carbons (Fsp3) is 0.462. The quantitative estimate of drug-likeness (QED) is 0.480. The van der Waals surface area contributed by atoms with E-state index in [0.717, 1.165) is 30.7 Å². The number of primary amides is 1. The Bertz CT molecular complexity index is 1200. The lowest BCUT2D eigenvalue weighted by molar-refractivity contribution is -0.118. The van der Waals surface area contributed by atoms with Crippen LogP contribution in [0.5, 0.6) is 0 Å². The summed E-state index contributed by atoms with van der Waals surface area (Å²) >= 11 is 0. The van der Waals surface area contributed by atoms with Crippen LogP contribution >= 0.6 is 0 Å². The molecule has 1 saturated heterocycles. The van der Waals surface area contributed by atoms with E-state index in [-0.39, 0.29) is 35.4 Å². The van der Waals surface area contributed by atoms with E-state index in [9.17, 15) is 9.59 Å². The number of anilines is 1. The summed E-state index contributed by atoms with van der Waals surface area (Å²) in [5.74, 6) is 0.542. The smallest absolute Gasteiger partial charge is 0.254 e. The number of rotatable bonds is 9. The average molecular weight is 480 g/mol. The van der Waals surface area contributed by atoms with Crippen LogP contribution < -0.4 is 11.5 Å². The fourth-order valence-corrected chi connectivity index (χ4v) is 4.36. The van der Waals surface area contributed by atoms with E-state index in [0.29, 0.717) is 36.1 Å². The molecule has 1 unspecified atom stereocenters. The van der Waals surface area contributed by atoms with Gasteiger partial charge in [-0.1, -0.05) is 50.2 Å². The Balaban J connectivity index is 1.44. The van der Waals surface area contributed by atoms with Gasteiger partial charge in [0.2, 0.25) is 0 Å². The van der Waals surface area contributed by atoms with Crippen LogP contribution in [-0.2, 0) is 35.3 Å². The van der Waals surface area contributed by atoms with Crippen molar-refractivity contribution in [3.63, 3.8) is 0 Å². The van der Waals surface area contributed by atoms with Gasteiger partial charge in [-0.3, -0.25) is 9.59 Å². The molecule has 1 aliphatic heterocycles. The van der Waals surface area contributed by atoms with Crippen molar-refractivity contribution in [3.05, 3.63) is 52.9 Å². The van der Waals surface area contributed by atoms with E-state index in [1.165, 1.54) is 0 Å². The summed E-state index contributed by atoms with van der Waals surface area (Å²) in [5.41, 5.74) is 15.0. The fourth-order valence-electron chi connectivity index (χ4n) is 4.36. The van der Waals surface area contributed by atoms with E-state index >= 15 is 0 Å². The van der Waals surface area contributed by atoms with Crippen molar-refractivity contribution in [3.8, 4) is 11.3 Å². The van der Waals surface area contributed by atoms with Gasteiger partial charge >= 0.3 is 0 Å². The van der Waals surface area contributed by atoms with E-state index in [1.807, 2.05) is 30.3 Å².